The van der Waals surface area contributed by atoms with Gasteiger partial charge in [0.2, 0.25) is 0 Å². The van der Waals surface area contributed by atoms with Gasteiger partial charge in [0.1, 0.15) is 0 Å². The number of pyridine rings is 2. The predicted molar refractivity (Wildman–Crippen MR) is 116 cm³/mol. The average Bonchev–Trinajstić information content (AvgIpc) is 2.69. The molecule has 4 heteroatoms. The van der Waals surface area contributed by atoms with Gasteiger partial charge in [-0.25, -0.2) is 0 Å². The Morgan fingerprint density at radius 3 is 1.29 bits per heavy atom. The topological polar surface area (TPSA) is 44.0 Å². The lowest BCUT2D eigenvalue weighted by atomic mass is 10.0. The summed E-state index contributed by atoms with van der Waals surface area (Å²) < 4.78 is 4.01. The van der Waals surface area contributed by atoms with Gasteiger partial charge in [-0.05, 0) is 50.2 Å². The van der Waals surface area contributed by atoms with Crippen LogP contribution < -0.4 is 10.9 Å². The fraction of sp³-hybridized carbons (Fsp3) is 0.167. The van der Waals surface area contributed by atoms with Crippen LogP contribution in [0.4, 0.5) is 0 Å². The van der Waals surface area contributed by atoms with E-state index in [0.717, 1.165) is 33.2 Å². The molecule has 2 heterocycles. The van der Waals surface area contributed by atoms with Gasteiger partial charge in [-0.1, -0.05) is 23.3 Å². The molecule has 3 aromatic carbocycles. The molecule has 0 unspecified atom stereocenters. The molecule has 0 atom stereocenters. The summed E-state index contributed by atoms with van der Waals surface area (Å²) in [7, 11) is 3.89. The third-order valence-corrected chi connectivity index (χ3v) is 5.84. The molecule has 5 rings (SSSR count). The molecule has 0 saturated carbocycles. The fourth-order valence-electron chi connectivity index (χ4n) is 4.29. The van der Waals surface area contributed by atoms with Gasteiger partial charge in [-0.15, -0.1) is 0 Å². The quantitative estimate of drug-likeness (QED) is 0.382. The Morgan fingerprint density at radius 1 is 0.536 bits per heavy atom. The van der Waals surface area contributed by atoms with Crippen LogP contribution in [-0.4, -0.2) is 9.13 Å². The van der Waals surface area contributed by atoms with Gasteiger partial charge < -0.3 is 9.13 Å². The lowest BCUT2D eigenvalue weighted by molar-refractivity contribution is 0.993. The molecular weight excluding hydrogens is 348 g/mol. The van der Waals surface area contributed by atoms with Crippen molar-refractivity contribution in [2.24, 2.45) is 14.1 Å². The van der Waals surface area contributed by atoms with Gasteiger partial charge in [0, 0.05) is 35.6 Å². The summed E-state index contributed by atoms with van der Waals surface area (Å²) in [5, 5.41) is 2.68. The first-order chi connectivity index (χ1) is 13.4. The number of nitrogens with zero attached hydrogens (tertiary/aromatic N) is 2. The van der Waals surface area contributed by atoms with E-state index in [2.05, 4.69) is 0 Å². The standard InChI is InChI=1S/C24H20N2O2/c1-13-5-7-19-15(9-13)23(27)17-11-22-18(12-21(17)25(19)3)24(28)16-10-14(2)6-8-20(16)26(22)4/h5-12H,1-4H3. The molecule has 0 aliphatic rings. The summed E-state index contributed by atoms with van der Waals surface area (Å²) in [6, 6.07) is 15.6. The molecule has 0 N–H and O–H groups in total. The molecule has 138 valence electrons. The zero-order valence-electron chi connectivity index (χ0n) is 16.3. The summed E-state index contributed by atoms with van der Waals surface area (Å²) in [4.78, 5) is 26.5. The SMILES string of the molecule is Cc1ccc2c(c1)c(=O)c1cc3c(cc1n2C)c(=O)c1cc(C)ccc1n3C. The molecular formula is C24H20N2O2. The minimum atomic E-state index is 0.00477. The molecule has 4 nitrogen and oxygen atoms in total. The number of aromatic nitrogens is 2. The highest BCUT2D eigenvalue weighted by Crippen LogP contribution is 2.25. The van der Waals surface area contributed by atoms with E-state index in [1.807, 2.05) is 85.6 Å². The molecule has 28 heavy (non-hydrogen) atoms. The van der Waals surface area contributed by atoms with Crippen molar-refractivity contribution in [2.45, 2.75) is 13.8 Å². The molecule has 0 spiro atoms. The van der Waals surface area contributed by atoms with Crippen molar-refractivity contribution >= 4 is 43.6 Å². The lowest BCUT2D eigenvalue weighted by Crippen LogP contribution is -2.13. The van der Waals surface area contributed by atoms with Crippen LogP contribution in [0.3, 0.4) is 0 Å². The molecule has 0 aliphatic carbocycles. The van der Waals surface area contributed by atoms with Crippen LogP contribution >= 0.6 is 0 Å². The van der Waals surface area contributed by atoms with Crippen LogP contribution in [0.2, 0.25) is 0 Å². The number of aryl methyl sites for hydroxylation is 4. The summed E-state index contributed by atoms with van der Waals surface area (Å²) in [6.07, 6.45) is 0. The second kappa shape index (κ2) is 5.55. The van der Waals surface area contributed by atoms with E-state index in [4.69, 9.17) is 0 Å². The van der Waals surface area contributed by atoms with E-state index in [0.29, 0.717) is 21.5 Å². The molecule has 0 radical (unpaired) electrons. The van der Waals surface area contributed by atoms with Gasteiger partial charge in [0.05, 0.1) is 22.1 Å². The third kappa shape index (κ3) is 2.12. The molecule has 0 saturated heterocycles. The van der Waals surface area contributed by atoms with E-state index in [9.17, 15) is 9.59 Å². The maximum Gasteiger partial charge on any atom is 0.197 e. The summed E-state index contributed by atoms with van der Waals surface area (Å²) >= 11 is 0. The van der Waals surface area contributed by atoms with Crippen molar-refractivity contribution in [3.8, 4) is 0 Å². The number of benzene rings is 3. The summed E-state index contributed by atoms with van der Waals surface area (Å²) in [5.41, 5.74) is 5.41. The van der Waals surface area contributed by atoms with E-state index in [-0.39, 0.29) is 10.9 Å². The fourth-order valence-corrected chi connectivity index (χ4v) is 4.29. The minimum Gasteiger partial charge on any atom is -0.343 e. The summed E-state index contributed by atoms with van der Waals surface area (Å²) in [6.45, 7) is 3.97. The van der Waals surface area contributed by atoms with Gasteiger partial charge in [-0.3, -0.25) is 9.59 Å². The van der Waals surface area contributed by atoms with Gasteiger partial charge in [0.25, 0.3) is 0 Å². The van der Waals surface area contributed by atoms with Crippen molar-refractivity contribution in [1.29, 1.82) is 0 Å². The van der Waals surface area contributed by atoms with Crippen LogP contribution in [0, 0.1) is 13.8 Å². The Balaban J connectivity index is 2.08. The van der Waals surface area contributed by atoms with Crippen molar-refractivity contribution in [1.82, 2.24) is 9.13 Å². The first-order valence-electron chi connectivity index (χ1n) is 9.33. The maximum absolute atomic E-state index is 13.2. The van der Waals surface area contributed by atoms with Crippen LogP contribution in [0.1, 0.15) is 11.1 Å². The molecule has 0 amide bonds. The average molecular weight is 368 g/mol. The lowest BCUT2D eigenvalue weighted by Gasteiger charge is -2.15. The third-order valence-electron chi connectivity index (χ3n) is 5.84. The number of fused-ring (bicyclic) bond motifs is 4. The van der Waals surface area contributed by atoms with Crippen LogP contribution in [-0.2, 0) is 14.1 Å². The maximum atomic E-state index is 13.2. The van der Waals surface area contributed by atoms with Crippen LogP contribution in [0.25, 0.3) is 43.6 Å². The van der Waals surface area contributed by atoms with E-state index in [1.54, 1.807) is 0 Å². The largest absolute Gasteiger partial charge is 0.343 e. The van der Waals surface area contributed by atoms with Crippen molar-refractivity contribution < 1.29 is 0 Å². The second-order valence-electron chi connectivity index (χ2n) is 7.70. The first kappa shape index (κ1) is 16.8. The van der Waals surface area contributed by atoms with E-state index < -0.39 is 0 Å². The molecule has 5 aromatic rings. The van der Waals surface area contributed by atoms with Crippen molar-refractivity contribution in [3.05, 3.63) is 80.1 Å². The normalized spacial score (nSPS) is 11.9. The predicted octanol–water partition coefficient (Wildman–Crippen LogP) is 4.31. The van der Waals surface area contributed by atoms with E-state index in [1.165, 1.54) is 0 Å². The second-order valence-corrected chi connectivity index (χ2v) is 7.70. The van der Waals surface area contributed by atoms with Gasteiger partial charge >= 0.3 is 0 Å². The smallest absolute Gasteiger partial charge is 0.197 e. The first-order valence-corrected chi connectivity index (χ1v) is 9.33. The number of rotatable bonds is 0. The van der Waals surface area contributed by atoms with Crippen LogP contribution in [0.5, 0.6) is 0 Å². The van der Waals surface area contributed by atoms with Crippen molar-refractivity contribution in [3.63, 3.8) is 0 Å². The summed E-state index contributed by atoms with van der Waals surface area (Å²) in [5.74, 6) is 0. The highest BCUT2D eigenvalue weighted by molar-refractivity contribution is 6.03. The zero-order valence-corrected chi connectivity index (χ0v) is 16.3. The van der Waals surface area contributed by atoms with Crippen molar-refractivity contribution in [2.75, 3.05) is 0 Å². The Labute approximate surface area is 161 Å². The molecule has 2 aromatic heterocycles. The highest BCUT2D eigenvalue weighted by Gasteiger charge is 2.14. The Morgan fingerprint density at radius 2 is 0.893 bits per heavy atom. The van der Waals surface area contributed by atoms with Gasteiger partial charge in [0.15, 0.2) is 10.9 Å². The highest BCUT2D eigenvalue weighted by atomic mass is 16.1. The van der Waals surface area contributed by atoms with Crippen LogP contribution in [0.15, 0.2) is 58.1 Å². The Kier molecular flexibility index (Phi) is 3.32. The molecule has 0 fully saturated rings. The molecule has 0 bridgehead atoms. The van der Waals surface area contributed by atoms with Gasteiger partial charge in [-0.2, -0.15) is 0 Å². The number of hydrogen-bond donors (Lipinski definition) is 0. The zero-order chi connectivity index (χ0) is 19.7. The minimum absolute atomic E-state index is 0.00477. The van der Waals surface area contributed by atoms with E-state index >= 15 is 0 Å². The number of hydrogen-bond acceptors (Lipinski definition) is 2. The Hall–Kier alpha value is -3.40. The Bertz CT molecular complexity index is 1470. The monoisotopic (exact) mass is 368 g/mol. The molecule has 0 aliphatic heterocycles.